The lowest BCUT2D eigenvalue weighted by atomic mass is 10.2. The first-order valence-electron chi connectivity index (χ1n) is 9.98. The molecule has 7 nitrogen and oxygen atoms in total. The molecule has 30 heavy (non-hydrogen) atoms. The Morgan fingerprint density at radius 3 is 2.33 bits per heavy atom. The summed E-state index contributed by atoms with van der Waals surface area (Å²) < 4.78 is 33.3. The molecule has 2 aliphatic heterocycles. The van der Waals surface area contributed by atoms with Crippen LogP contribution in [0.2, 0.25) is 15.1 Å². The van der Waals surface area contributed by atoms with Gasteiger partial charge >= 0.3 is 0 Å². The molecule has 0 spiro atoms. The van der Waals surface area contributed by atoms with Crippen LogP contribution in [0.4, 0.5) is 0 Å². The number of benzene rings is 1. The van der Waals surface area contributed by atoms with Crippen molar-refractivity contribution in [2.24, 2.45) is 0 Å². The molecule has 0 aliphatic carbocycles. The van der Waals surface area contributed by atoms with Gasteiger partial charge < -0.3 is 14.5 Å². The molecule has 1 aromatic carbocycles. The zero-order valence-corrected chi connectivity index (χ0v) is 19.9. The monoisotopic (exact) mass is 497 g/mol. The average molecular weight is 499 g/mol. The minimum atomic E-state index is -3.92. The number of rotatable bonds is 7. The second-order valence-corrected chi connectivity index (χ2v) is 10.5. The number of ether oxygens (including phenoxy) is 1. The SMILES string of the molecule is CCN1CCN(C(=O)COCC2CCCN2S(=O)(=O)c2c(Cl)cc(Cl)cc2Cl)CC1. The first-order valence-corrected chi connectivity index (χ1v) is 12.6. The number of piperazine rings is 1. The number of carbonyl (C=O) groups excluding carboxylic acids is 1. The van der Waals surface area contributed by atoms with Crippen LogP contribution in [0.5, 0.6) is 0 Å². The number of hydrogen-bond acceptors (Lipinski definition) is 5. The Labute approximate surface area is 192 Å². The Bertz CT molecular complexity index is 853. The fraction of sp³-hybridized carbons (Fsp3) is 0.632. The van der Waals surface area contributed by atoms with Gasteiger partial charge in [0, 0.05) is 43.8 Å². The third-order valence-corrected chi connectivity index (χ3v) is 8.65. The highest BCUT2D eigenvalue weighted by atomic mass is 35.5. The van der Waals surface area contributed by atoms with Crippen LogP contribution in [0, 0.1) is 0 Å². The van der Waals surface area contributed by atoms with Crippen molar-refractivity contribution in [3.05, 3.63) is 27.2 Å². The molecule has 0 N–H and O–H groups in total. The van der Waals surface area contributed by atoms with Gasteiger partial charge in [0.2, 0.25) is 15.9 Å². The molecule has 2 saturated heterocycles. The number of sulfonamides is 1. The number of likely N-dealkylation sites (N-methyl/N-ethyl adjacent to an activating group) is 1. The van der Waals surface area contributed by atoms with Gasteiger partial charge in [0.1, 0.15) is 11.5 Å². The standard InChI is InChI=1S/C19H26Cl3N3O4S/c1-2-23-6-8-24(9-7-23)18(26)13-29-12-15-4-3-5-25(15)30(27,28)19-16(21)10-14(20)11-17(19)22/h10-11,15H,2-9,12-13H2,1H3. The summed E-state index contributed by atoms with van der Waals surface area (Å²) in [6.45, 7) is 6.61. The van der Waals surface area contributed by atoms with E-state index in [2.05, 4.69) is 11.8 Å². The lowest BCUT2D eigenvalue weighted by Crippen LogP contribution is -2.49. The first-order chi connectivity index (χ1) is 14.2. The second kappa shape index (κ2) is 10.3. The van der Waals surface area contributed by atoms with E-state index in [4.69, 9.17) is 39.5 Å². The Kier molecular flexibility index (Phi) is 8.28. The topological polar surface area (TPSA) is 70.2 Å². The Hall–Kier alpha value is -0.610. The first kappa shape index (κ1) is 24.0. The molecule has 2 fully saturated rings. The van der Waals surface area contributed by atoms with Crippen LogP contribution in [0.15, 0.2) is 17.0 Å². The second-order valence-electron chi connectivity index (χ2n) is 7.44. The van der Waals surface area contributed by atoms with Crippen LogP contribution in [0.1, 0.15) is 19.8 Å². The average Bonchev–Trinajstić information content (AvgIpc) is 3.16. The van der Waals surface area contributed by atoms with Crippen molar-refractivity contribution >= 4 is 50.7 Å². The zero-order valence-electron chi connectivity index (χ0n) is 16.8. The van der Waals surface area contributed by atoms with Crippen LogP contribution in [-0.2, 0) is 19.6 Å². The number of carbonyl (C=O) groups is 1. The van der Waals surface area contributed by atoms with E-state index in [1.54, 1.807) is 4.90 Å². The van der Waals surface area contributed by atoms with Crippen molar-refractivity contribution in [2.45, 2.75) is 30.7 Å². The maximum absolute atomic E-state index is 13.2. The Morgan fingerprint density at radius 1 is 1.10 bits per heavy atom. The summed E-state index contributed by atoms with van der Waals surface area (Å²) in [5, 5.41) is 0.240. The fourth-order valence-corrected chi connectivity index (χ4v) is 7.05. The Morgan fingerprint density at radius 2 is 1.73 bits per heavy atom. The maximum atomic E-state index is 13.2. The maximum Gasteiger partial charge on any atom is 0.248 e. The highest BCUT2D eigenvalue weighted by Crippen LogP contribution is 2.37. The lowest BCUT2D eigenvalue weighted by molar-refractivity contribution is -0.138. The summed E-state index contributed by atoms with van der Waals surface area (Å²) >= 11 is 18.2. The minimum absolute atomic E-state index is 0.0135. The molecule has 1 atom stereocenters. The van der Waals surface area contributed by atoms with E-state index in [-0.39, 0.29) is 45.1 Å². The molecule has 2 aliphatic rings. The van der Waals surface area contributed by atoms with Gasteiger partial charge in [-0.15, -0.1) is 0 Å². The number of nitrogens with zero attached hydrogens (tertiary/aromatic N) is 3. The number of amides is 1. The van der Waals surface area contributed by atoms with Crippen LogP contribution in [0.3, 0.4) is 0 Å². The highest BCUT2D eigenvalue weighted by molar-refractivity contribution is 7.89. The molecule has 1 aromatic rings. The predicted molar refractivity (Wildman–Crippen MR) is 118 cm³/mol. The van der Waals surface area contributed by atoms with Gasteiger partial charge in [-0.3, -0.25) is 4.79 Å². The minimum Gasteiger partial charge on any atom is -0.370 e. The van der Waals surface area contributed by atoms with Gasteiger partial charge in [-0.1, -0.05) is 41.7 Å². The van der Waals surface area contributed by atoms with Gasteiger partial charge in [0.15, 0.2) is 0 Å². The summed E-state index contributed by atoms with van der Waals surface area (Å²) in [7, 11) is -3.92. The van der Waals surface area contributed by atoms with E-state index in [1.807, 2.05) is 0 Å². The van der Waals surface area contributed by atoms with Crippen LogP contribution >= 0.6 is 34.8 Å². The van der Waals surface area contributed by atoms with Crippen molar-refractivity contribution < 1.29 is 17.9 Å². The molecule has 1 unspecified atom stereocenters. The van der Waals surface area contributed by atoms with E-state index in [1.165, 1.54) is 16.4 Å². The van der Waals surface area contributed by atoms with Crippen molar-refractivity contribution in [3.63, 3.8) is 0 Å². The molecule has 1 amide bonds. The molecule has 3 rings (SSSR count). The molecule has 2 heterocycles. The summed E-state index contributed by atoms with van der Waals surface area (Å²) in [5.74, 6) is -0.0676. The quantitative estimate of drug-likeness (QED) is 0.578. The smallest absolute Gasteiger partial charge is 0.248 e. The molecular weight excluding hydrogens is 473 g/mol. The van der Waals surface area contributed by atoms with Crippen LogP contribution < -0.4 is 0 Å². The van der Waals surface area contributed by atoms with E-state index >= 15 is 0 Å². The third-order valence-electron chi connectivity index (χ3n) is 5.56. The van der Waals surface area contributed by atoms with Gasteiger partial charge in [-0.05, 0) is 31.5 Å². The normalized spacial score (nSPS) is 21.3. The fourth-order valence-electron chi connectivity index (χ4n) is 3.87. The molecule has 11 heteroatoms. The zero-order chi connectivity index (χ0) is 21.9. The van der Waals surface area contributed by atoms with Crippen LogP contribution in [0.25, 0.3) is 0 Å². The molecule has 0 saturated carbocycles. The van der Waals surface area contributed by atoms with E-state index in [0.29, 0.717) is 32.5 Å². The van der Waals surface area contributed by atoms with E-state index in [9.17, 15) is 13.2 Å². The summed E-state index contributed by atoms with van der Waals surface area (Å²) in [6.07, 6.45) is 1.34. The molecule has 168 valence electrons. The van der Waals surface area contributed by atoms with Crippen molar-refractivity contribution in [1.82, 2.24) is 14.1 Å². The van der Waals surface area contributed by atoms with Crippen molar-refractivity contribution in [1.29, 1.82) is 0 Å². The van der Waals surface area contributed by atoms with Crippen molar-refractivity contribution in [2.75, 3.05) is 52.5 Å². The van der Waals surface area contributed by atoms with E-state index < -0.39 is 10.0 Å². The number of halogens is 3. The number of hydrogen-bond donors (Lipinski definition) is 0. The highest BCUT2D eigenvalue weighted by Gasteiger charge is 2.38. The predicted octanol–water partition coefficient (Wildman–Crippen LogP) is 2.98. The molecule has 0 radical (unpaired) electrons. The Balaban J connectivity index is 1.59. The summed E-state index contributed by atoms with van der Waals surface area (Å²) in [6, 6.07) is 2.35. The van der Waals surface area contributed by atoms with Crippen molar-refractivity contribution in [3.8, 4) is 0 Å². The van der Waals surface area contributed by atoms with Gasteiger partial charge in [0.25, 0.3) is 0 Å². The van der Waals surface area contributed by atoms with Gasteiger partial charge in [-0.2, -0.15) is 4.31 Å². The van der Waals surface area contributed by atoms with Gasteiger partial charge in [0.05, 0.1) is 16.7 Å². The van der Waals surface area contributed by atoms with E-state index in [0.717, 1.165) is 19.6 Å². The molecule has 0 bridgehead atoms. The molecule has 0 aromatic heterocycles. The summed E-state index contributed by atoms with van der Waals surface area (Å²) in [5.41, 5.74) is 0. The summed E-state index contributed by atoms with van der Waals surface area (Å²) in [4.78, 5) is 16.3. The largest absolute Gasteiger partial charge is 0.370 e. The van der Waals surface area contributed by atoms with Crippen LogP contribution in [-0.4, -0.2) is 87.0 Å². The molecular formula is C19H26Cl3N3O4S. The van der Waals surface area contributed by atoms with Gasteiger partial charge in [-0.25, -0.2) is 8.42 Å². The third kappa shape index (κ3) is 5.41. The lowest BCUT2D eigenvalue weighted by Gasteiger charge is -2.34.